The van der Waals surface area contributed by atoms with Crippen molar-refractivity contribution in [3.05, 3.63) is 66.2 Å². The van der Waals surface area contributed by atoms with E-state index in [4.69, 9.17) is 15.5 Å². The number of ether oxygens (including phenoxy) is 1. The number of rotatable bonds is 5. The summed E-state index contributed by atoms with van der Waals surface area (Å²) in [6, 6.07) is 12.3. The Labute approximate surface area is 175 Å². The number of benzene rings is 1. The number of aryl methyl sites for hydroxylation is 1. The molecule has 30 heavy (non-hydrogen) atoms. The molecule has 0 spiro atoms. The molecular formula is C23H26N6O. The molecule has 0 amide bonds. The van der Waals surface area contributed by atoms with Gasteiger partial charge in [-0.05, 0) is 24.8 Å². The van der Waals surface area contributed by atoms with Gasteiger partial charge in [-0.2, -0.15) is 14.7 Å². The molecule has 1 aliphatic carbocycles. The second kappa shape index (κ2) is 7.91. The minimum atomic E-state index is 0.242. The van der Waals surface area contributed by atoms with Crippen molar-refractivity contribution in [3.63, 3.8) is 0 Å². The molecule has 0 radical (unpaired) electrons. The highest BCUT2D eigenvalue weighted by atomic mass is 16.5. The summed E-state index contributed by atoms with van der Waals surface area (Å²) in [4.78, 5) is 4.99. The van der Waals surface area contributed by atoms with Gasteiger partial charge < -0.3 is 10.5 Å². The van der Waals surface area contributed by atoms with E-state index in [1.54, 1.807) is 9.20 Å². The van der Waals surface area contributed by atoms with Gasteiger partial charge in [0.1, 0.15) is 5.82 Å². The number of hydrogen-bond donors (Lipinski definition) is 1. The number of aromatic nitrogens is 5. The lowest BCUT2D eigenvalue weighted by Gasteiger charge is -2.29. The highest BCUT2D eigenvalue weighted by Crippen LogP contribution is 2.35. The Kier molecular flexibility index (Phi) is 4.96. The average molecular weight is 403 g/mol. The van der Waals surface area contributed by atoms with E-state index >= 15 is 0 Å². The fraction of sp³-hybridized carbons (Fsp3) is 0.348. The summed E-state index contributed by atoms with van der Waals surface area (Å²) in [6.07, 6.45) is 10.1. The normalized spacial score (nSPS) is 19.4. The van der Waals surface area contributed by atoms with Gasteiger partial charge in [0.15, 0.2) is 5.65 Å². The predicted octanol–water partition coefficient (Wildman–Crippen LogP) is 3.96. The third-order valence-corrected chi connectivity index (χ3v) is 5.91. The fourth-order valence-electron chi connectivity index (χ4n) is 4.33. The molecule has 0 saturated heterocycles. The van der Waals surface area contributed by atoms with Crippen LogP contribution in [0.3, 0.4) is 0 Å². The van der Waals surface area contributed by atoms with E-state index in [9.17, 15) is 0 Å². The first-order chi connectivity index (χ1) is 14.7. The van der Waals surface area contributed by atoms with Gasteiger partial charge in [0.2, 0.25) is 0 Å². The van der Waals surface area contributed by atoms with Gasteiger partial charge in [-0.3, -0.25) is 4.68 Å². The minimum absolute atomic E-state index is 0.242. The molecule has 4 aromatic rings. The van der Waals surface area contributed by atoms with E-state index in [0.29, 0.717) is 18.3 Å². The first kappa shape index (κ1) is 18.8. The molecule has 7 heteroatoms. The lowest BCUT2D eigenvalue weighted by Crippen LogP contribution is -2.22. The Morgan fingerprint density at radius 2 is 2.00 bits per heavy atom. The van der Waals surface area contributed by atoms with E-state index in [-0.39, 0.29) is 6.10 Å². The van der Waals surface area contributed by atoms with Crippen LogP contribution in [0.2, 0.25) is 0 Å². The Morgan fingerprint density at radius 3 is 2.80 bits per heavy atom. The van der Waals surface area contributed by atoms with Gasteiger partial charge in [0.25, 0.3) is 0 Å². The molecule has 2 atom stereocenters. The van der Waals surface area contributed by atoms with Gasteiger partial charge in [0.05, 0.1) is 25.1 Å². The van der Waals surface area contributed by atoms with Crippen molar-refractivity contribution >= 4 is 11.5 Å². The molecular weight excluding hydrogens is 376 g/mol. The van der Waals surface area contributed by atoms with E-state index in [2.05, 4.69) is 34.5 Å². The largest absolute Gasteiger partial charge is 0.384 e. The van der Waals surface area contributed by atoms with Crippen molar-refractivity contribution < 1.29 is 4.74 Å². The molecule has 3 aromatic heterocycles. The van der Waals surface area contributed by atoms with Crippen LogP contribution in [0.5, 0.6) is 0 Å². The van der Waals surface area contributed by atoms with Crippen molar-refractivity contribution in [1.29, 1.82) is 0 Å². The molecule has 154 valence electrons. The monoisotopic (exact) mass is 402 g/mol. The molecule has 1 fully saturated rings. The number of anilines is 1. The molecule has 0 aliphatic heterocycles. The first-order valence-corrected chi connectivity index (χ1v) is 10.5. The predicted molar refractivity (Wildman–Crippen MR) is 116 cm³/mol. The van der Waals surface area contributed by atoms with Crippen molar-refractivity contribution in [2.24, 2.45) is 7.05 Å². The van der Waals surface area contributed by atoms with E-state index in [0.717, 1.165) is 48.2 Å². The van der Waals surface area contributed by atoms with Crippen LogP contribution < -0.4 is 5.73 Å². The fourth-order valence-corrected chi connectivity index (χ4v) is 4.33. The summed E-state index contributed by atoms with van der Waals surface area (Å²) in [6.45, 7) is 0.653. The smallest absolute Gasteiger partial charge is 0.165 e. The summed E-state index contributed by atoms with van der Waals surface area (Å²) in [5, 5.41) is 8.71. The SMILES string of the molecule is Cn1cc(-c2cnn3c(N)cc(C4CCCC(OCc5ccccc5)C4)nc23)cn1. The van der Waals surface area contributed by atoms with Crippen LogP contribution in [-0.2, 0) is 18.4 Å². The molecule has 5 rings (SSSR count). The van der Waals surface area contributed by atoms with Crippen molar-refractivity contribution in [2.75, 3.05) is 5.73 Å². The molecule has 7 nitrogen and oxygen atoms in total. The third-order valence-electron chi connectivity index (χ3n) is 5.91. The Balaban J connectivity index is 1.38. The van der Waals surface area contributed by atoms with Crippen molar-refractivity contribution in [1.82, 2.24) is 24.4 Å². The topological polar surface area (TPSA) is 83.3 Å². The molecule has 3 heterocycles. The summed E-state index contributed by atoms with van der Waals surface area (Å²) in [7, 11) is 1.90. The average Bonchev–Trinajstić information content (AvgIpc) is 3.39. The number of nitrogen functional groups attached to an aromatic ring is 1. The van der Waals surface area contributed by atoms with E-state index in [1.807, 2.05) is 37.8 Å². The van der Waals surface area contributed by atoms with Gasteiger partial charge >= 0.3 is 0 Å². The number of hydrogen-bond acceptors (Lipinski definition) is 5. The number of nitrogens with two attached hydrogens (primary N) is 1. The van der Waals surface area contributed by atoms with Crippen LogP contribution in [0.4, 0.5) is 5.82 Å². The van der Waals surface area contributed by atoms with Gasteiger partial charge in [-0.15, -0.1) is 0 Å². The zero-order chi connectivity index (χ0) is 20.5. The number of nitrogens with zero attached hydrogens (tertiary/aromatic N) is 5. The standard InChI is InChI=1S/C23H26N6O/c1-28-14-18(12-25-28)20-13-26-29-22(24)11-21(27-23(20)29)17-8-5-9-19(10-17)30-15-16-6-3-2-4-7-16/h2-4,6-7,11-14,17,19H,5,8-10,15,24H2,1H3. The van der Waals surface area contributed by atoms with Gasteiger partial charge in [0, 0.05) is 42.0 Å². The summed E-state index contributed by atoms with van der Waals surface area (Å²) in [5.74, 6) is 0.945. The molecule has 2 N–H and O–H groups in total. The highest BCUT2D eigenvalue weighted by molar-refractivity contribution is 5.77. The molecule has 2 unspecified atom stereocenters. The second-order valence-corrected chi connectivity index (χ2v) is 8.08. The second-order valence-electron chi connectivity index (χ2n) is 8.08. The maximum Gasteiger partial charge on any atom is 0.165 e. The Bertz CT molecular complexity index is 1150. The summed E-state index contributed by atoms with van der Waals surface area (Å²) < 4.78 is 9.72. The third kappa shape index (κ3) is 3.68. The van der Waals surface area contributed by atoms with Crippen LogP contribution in [0, 0.1) is 0 Å². The maximum absolute atomic E-state index is 6.34. The Morgan fingerprint density at radius 1 is 1.13 bits per heavy atom. The van der Waals surface area contributed by atoms with E-state index in [1.165, 1.54) is 5.56 Å². The summed E-state index contributed by atoms with van der Waals surface area (Å²) >= 11 is 0. The highest BCUT2D eigenvalue weighted by Gasteiger charge is 2.26. The van der Waals surface area contributed by atoms with Crippen molar-refractivity contribution in [3.8, 4) is 11.1 Å². The van der Waals surface area contributed by atoms with Crippen LogP contribution in [0.15, 0.2) is 55.0 Å². The van der Waals surface area contributed by atoms with Gasteiger partial charge in [-0.25, -0.2) is 4.98 Å². The summed E-state index contributed by atoms with van der Waals surface area (Å²) in [5.41, 5.74) is 11.3. The van der Waals surface area contributed by atoms with Crippen LogP contribution in [0.1, 0.15) is 42.9 Å². The van der Waals surface area contributed by atoms with Crippen LogP contribution in [0.25, 0.3) is 16.8 Å². The zero-order valence-corrected chi connectivity index (χ0v) is 17.1. The van der Waals surface area contributed by atoms with Gasteiger partial charge in [-0.1, -0.05) is 36.8 Å². The molecule has 1 saturated carbocycles. The quantitative estimate of drug-likeness (QED) is 0.546. The van der Waals surface area contributed by atoms with Crippen LogP contribution >= 0.6 is 0 Å². The molecule has 1 aromatic carbocycles. The number of fused-ring (bicyclic) bond motifs is 1. The van der Waals surface area contributed by atoms with E-state index < -0.39 is 0 Å². The zero-order valence-electron chi connectivity index (χ0n) is 17.1. The van der Waals surface area contributed by atoms with Crippen molar-refractivity contribution in [2.45, 2.75) is 44.3 Å². The minimum Gasteiger partial charge on any atom is -0.384 e. The lowest BCUT2D eigenvalue weighted by molar-refractivity contribution is 0.0111. The first-order valence-electron chi connectivity index (χ1n) is 10.5. The van der Waals surface area contributed by atoms with Crippen LogP contribution in [-0.4, -0.2) is 30.5 Å². The maximum atomic E-state index is 6.34. The lowest BCUT2D eigenvalue weighted by atomic mass is 9.85. The molecule has 0 bridgehead atoms. The molecule has 1 aliphatic rings. The Hall–Kier alpha value is -3.19.